The van der Waals surface area contributed by atoms with Crippen LogP contribution in [0.2, 0.25) is 0 Å². The van der Waals surface area contributed by atoms with E-state index in [-0.39, 0.29) is 28.8 Å². The molecular formula is C14H13F2NO2. The molecule has 1 aromatic heterocycles. The van der Waals surface area contributed by atoms with Crippen LogP contribution in [0, 0.1) is 6.92 Å². The van der Waals surface area contributed by atoms with Crippen molar-refractivity contribution in [3.05, 3.63) is 41.1 Å². The van der Waals surface area contributed by atoms with E-state index < -0.39 is 12.4 Å². The highest BCUT2D eigenvalue weighted by molar-refractivity contribution is 5.98. The zero-order valence-corrected chi connectivity index (χ0v) is 10.6. The first kappa shape index (κ1) is 13.4. The van der Waals surface area contributed by atoms with Gasteiger partial charge in [-0.25, -0.2) is 13.6 Å². The minimum atomic E-state index is -2.76. The number of esters is 1. The average Bonchev–Trinajstić information content (AvgIpc) is 2.37. The molecule has 0 spiro atoms. The molecule has 0 atom stereocenters. The van der Waals surface area contributed by atoms with Gasteiger partial charge in [0.15, 0.2) is 0 Å². The van der Waals surface area contributed by atoms with Crippen LogP contribution in [-0.2, 0) is 4.74 Å². The molecule has 1 aromatic carbocycles. The Morgan fingerprint density at radius 1 is 1.37 bits per heavy atom. The molecule has 0 amide bonds. The normalized spacial score (nSPS) is 11.0. The van der Waals surface area contributed by atoms with Crippen LogP contribution in [0.25, 0.3) is 10.9 Å². The Morgan fingerprint density at radius 2 is 2.05 bits per heavy atom. The Hall–Kier alpha value is -2.04. The lowest BCUT2D eigenvalue weighted by Crippen LogP contribution is -2.12. The molecular weight excluding hydrogens is 252 g/mol. The Bertz CT molecular complexity index is 626. The van der Waals surface area contributed by atoms with E-state index in [4.69, 9.17) is 4.74 Å². The Balaban J connectivity index is 2.78. The smallest absolute Gasteiger partial charge is 0.340 e. The Kier molecular flexibility index (Phi) is 3.74. The molecule has 100 valence electrons. The summed E-state index contributed by atoms with van der Waals surface area (Å²) in [6, 6.07) is 6.53. The maximum atomic E-state index is 13.3. The van der Waals surface area contributed by atoms with Gasteiger partial charge in [0.1, 0.15) is 0 Å². The minimum absolute atomic E-state index is 0.129. The van der Waals surface area contributed by atoms with Gasteiger partial charge in [0.2, 0.25) is 0 Å². The van der Waals surface area contributed by atoms with Crippen LogP contribution in [0.4, 0.5) is 8.78 Å². The molecule has 3 nitrogen and oxygen atoms in total. The summed E-state index contributed by atoms with van der Waals surface area (Å²) < 4.78 is 31.4. The summed E-state index contributed by atoms with van der Waals surface area (Å²) >= 11 is 0. The van der Waals surface area contributed by atoms with Crippen molar-refractivity contribution >= 4 is 16.9 Å². The summed E-state index contributed by atoms with van der Waals surface area (Å²) in [4.78, 5) is 16.0. The number of hydrogen-bond donors (Lipinski definition) is 0. The zero-order chi connectivity index (χ0) is 14.0. The van der Waals surface area contributed by atoms with Crippen LogP contribution in [0.5, 0.6) is 0 Å². The van der Waals surface area contributed by atoms with E-state index in [9.17, 15) is 13.6 Å². The number of nitrogens with zero attached hydrogens (tertiary/aromatic N) is 1. The number of para-hydroxylation sites is 1. The van der Waals surface area contributed by atoms with Gasteiger partial charge in [-0.15, -0.1) is 0 Å². The van der Waals surface area contributed by atoms with Crippen LogP contribution in [0.1, 0.15) is 35.0 Å². The van der Waals surface area contributed by atoms with Gasteiger partial charge in [-0.05, 0) is 19.9 Å². The van der Waals surface area contributed by atoms with E-state index in [0.717, 1.165) is 0 Å². The van der Waals surface area contributed by atoms with E-state index in [1.807, 2.05) is 0 Å². The number of benzene rings is 1. The monoisotopic (exact) mass is 265 g/mol. The fraction of sp³-hybridized carbons (Fsp3) is 0.286. The number of rotatable bonds is 3. The van der Waals surface area contributed by atoms with Crippen LogP contribution in [0.15, 0.2) is 24.3 Å². The molecule has 19 heavy (non-hydrogen) atoms. The van der Waals surface area contributed by atoms with Gasteiger partial charge in [0.25, 0.3) is 6.43 Å². The second kappa shape index (κ2) is 5.30. The van der Waals surface area contributed by atoms with Crippen LogP contribution >= 0.6 is 0 Å². The van der Waals surface area contributed by atoms with Gasteiger partial charge in [-0.2, -0.15) is 0 Å². The molecule has 0 aliphatic carbocycles. The quantitative estimate of drug-likeness (QED) is 0.795. The highest BCUT2D eigenvalue weighted by Crippen LogP contribution is 2.32. The second-order valence-electron chi connectivity index (χ2n) is 4.02. The lowest BCUT2D eigenvalue weighted by atomic mass is 10.0. The number of aryl methyl sites for hydroxylation is 1. The van der Waals surface area contributed by atoms with Gasteiger partial charge >= 0.3 is 5.97 Å². The molecule has 0 saturated carbocycles. The van der Waals surface area contributed by atoms with Crippen LogP contribution in [0.3, 0.4) is 0 Å². The fourth-order valence-corrected chi connectivity index (χ4v) is 2.05. The first-order valence-corrected chi connectivity index (χ1v) is 5.90. The van der Waals surface area contributed by atoms with E-state index in [1.54, 1.807) is 25.1 Å². The predicted octanol–water partition coefficient (Wildman–Crippen LogP) is 3.66. The number of pyridine rings is 1. The molecule has 0 aliphatic heterocycles. The molecule has 0 bridgehead atoms. The molecule has 0 aliphatic rings. The summed E-state index contributed by atoms with van der Waals surface area (Å²) in [5.41, 5.74) is 0.271. The van der Waals surface area contributed by atoms with Crippen molar-refractivity contribution in [2.24, 2.45) is 0 Å². The minimum Gasteiger partial charge on any atom is -0.462 e. The largest absolute Gasteiger partial charge is 0.462 e. The van der Waals surface area contributed by atoms with Crippen molar-refractivity contribution in [3.8, 4) is 0 Å². The first-order valence-electron chi connectivity index (χ1n) is 5.90. The van der Waals surface area contributed by atoms with Crippen molar-refractivity contribution < 1.29 is 18.3 Å². The summed E-state index contributed by atoms with van der Waals surface area (Å²) in [5.74, 6) is -0.756. The highest BCUT2D eigenvalue weighted by Gasteiger charge is 2.25. The third-order valence-corrected chi connectivity index (χ3v) is 2.81. The molecule has 0 radical (unpaired) electrons. The van der Waals surface area contributed by atoms with E-state index in [2.05, 4.69) is 4.98 Å². The number of carbonyl (C=O) groups is 1. The van der Waals surface area contributed by atoms with Crippen LogP contribution in [-0.4, -0.2) is 17.6 Å². The third kappa shape index (κ3) is 2.41. The van der Waals surface area contributed by atoms with E-state index in [0.29, 0.717) is 5.52 Å². The molecule has 5 heteroatoms. The summed E-state index contributed by atoms with van der Waals surface area (Å²) in [6.07, 6.45) is -2.76. The number of alkyl halides is 2. The third-order valence-electron chi connectivity index (χ3n) is 2.81. The van der Waals surface area contributed by atoms with Crippen molar-refractivity contribution in [1.29, 1.82) is 0 Å². The van der Waals surface area contributed by atoms with Crippen molar-refractivity contribution in [2.75, 3.05) is 6.61 Å². The predicted molar refractivity (Wildman–Crippen MR) is 67.4 cm³/mol. The van der Waals surface area contributed by atoms with Crippen molar-refractivity contribution in [2.45, 2.75) is 20.3 Å². The number of carbonyl (C=O) groups excluding carboxylic acids is 1. The lowest BCUT2D eigenvalue weighted by molar-refractivity contribution is 0.0514. The zero-order valence-electron chi connectivity index (χ0n) is 10.6. The number of aromatic nitrogens is 1. The van der Waals surface area contributed by atoms with Gasteiger partial charge in [0, 0.05) is 10.9 Å². The number of ether oxygens (including phenoxy) is 1. The van der Waals surface area contributed by atoms with E-state index >= 15 is 0 Å². The summed E-state index contributed by atoms with van der Waals surface area (Å²) in [5, 5.41) is 0.283. The number of halogens is 2. The van der Waals surface area contributed by atoms with Crippen LogP contribution < -0.4 is 0 Å². The maximum Gasteiger partial charge on any atom is 0.340 e. The second-order valence-corrected chi connectivity index (χ2v) is 4.02. The SMILES string of the molecule is CCOC(=O)c1c(C)nc2ccccc2c1C(F)F. The maximum absolute atomic E-state index is 13.3. The van der Waals surface area contributed by atoms with Gasteiger partial charge in [0.05, 0.1) is 23.4 Å². The Morgan fingerprint density at radius 3 is 2.68 bits per heavy atom. The first-order chi connectivity index (χ1) is 9.06. The lowest BCUT2D eigenvalue weighted by Gasteiger charge is -2.13. The molecule has 0 saturated heterocycles. The Labute approximate surface area is 109 Å². The standard InChI is InChI=1S/C14H13F2NO2/c1-3-19-14(18)11-8(2)17-10-7-5-4-6-9(10)12(11)13(15)16/h4-7,13H,3H2,1-2H3. The van der Waals surface area contributed by atoms with Gasteiger partial charge < -0.3 is 4.74 Å². The molecule has 0 fully saturated rings. The summed E-state index contributed by atoms with van der Waals surface area (Å²) in [7, 11) is 0. The highest BCUT2D eigenvalue weighted by atomic mass is 19.3. The molecule has 2 rings (SSSR count). The topological polar surface area (TPSA) is 39.2 Å². The van der Waals surface area contributed by atoms with Crippen molar-refractivity contribution in [3.63, 3.8) is 0 Å². The molecule has 0 unspecified atom stereocenters. The molecule has 0 N–H and O–H groups in total. The number of fused-ring (bicyclic) bond motifs is 1. The molecule has 2 aromatic rings. The van der Waals surface area contributed by atoms with Gasteiger partial charge in [-0.1, -0.05) is 18.2 Å². The van der Waals surface area contributed by atoms with E-state index in [1.165, 1.54) is 13.0 Å². The van der Waals surface area contributed by atoms with Gasteiger partial charge in [-0.3, -0.25) is 4.98 Å². The van der Waals surface area contributed by atoms with Crippen molar-refractivity contribution in [1.82, 2.24) is 4.98 Å². The fourth-order valence-electron chi connectivity index (χ4n) is 2.05. The molecule has 1 heterocycles. The average molecular weight is 265 g/mol. The number of hydrogen-bond acceptors (Lipinski definition) is 3. The summed E-state index contributed by atoms with van der Waals surface area (Å²) in [6.45, 7) is 3.29.